The average molecular weight is 172 g/mol. The van der Waals surface area contributed by atoms with Crippen molar-refractivity contribution in [3.63, 3.8) is 0 Å². The zero-order valence-electron chi connectivity index (χ0n) is 7.92. The number of rotatable bonds is 2. The first kappa shape index (κ1) is 9.54. The molecule has 13 heavy (non-hydrogen) atoms. The van der Waals surface area contributed by atoms with Crippen LogP contribution in [0.2, 0.25) is 0 Å². The van der Waals surface area contributed by atoms with Crippen molar-refractivity contribution in [1.82, 2.24) is 0 Å². The maximum atomic E-state index is 11.3. The van der Waals surface area contributed by atoms with Gasteiger partial charge in [-0.3, -0.25) is 4.79 Å². The van der Waals surface area contributed by atoms with Crippen LogP contribution in [0.15, 0.2) is 18.2 Å². The average Bonchev–Trinajstić information content (AvgIpc) is 2.16. The highest BCUT2D eigenvalue weighted by atomic mass is 16.1. The van der Waals surface area contributed by atoms with Gasteiger partial charge in [0.15, 0.2) is 0 Å². The fourth-order valence-electron chi connectivity index (χ4n) is 1.31. The molecular formula is C12H12O. The molecule has 0 aliphatic heterocycles. The third-order valence-electron chi connectivity index (χ3n) is 2.02. The molecule has 66 valence electrons. The second-order valence-corrected chi connectivity index (χ2v) is 2.99. The van der Waals surface area contributed by atoms with Crippen molar-refractivity contribution in [3.8, 4) is 12.3 Å². The maximum Gasteiger partial charge on any atom is 0.235 e. The van der Waals surface area contributed by atoms with Gasteiger partial charge in [0, 0.05) is 5.56 Å². The summed E-state index contributed by atoms with van der Waals surface area (Å²) in [5.74, 6) is 1.91. The molecule has 0 heterocycles. The first-order valence-corrected chi connectivity index (χ1v) is 4.29. The molecule has 0 aliphatic carbocycles. The Bertz CT molecular complexity index is 369. The molecule has 1 aromatic rings. The largest absolute Gasteiger partial charge is 0.279 e. The van der Waals surface area contributed by atoms with E-state index in [1.807, 2.05) is 26.0 Å². The highest BCUT2D eigenvalue weighted by Gasteiger charge is 2.06. The number of hydrogen-bond donors (Lipinski definition) is 0. The first-order valence-electron chi connectivity index (χ1n) is 4.29. The summed E-state index contributed by atoms with van der Waals surface area (Å²) < 4.78 is 0. The molecule has 0 unspecified atom stereocenters. The van der Waals surface area contributed by atoms with E-state index in [2.05, 4.69) is 5.92 Å². The van der Waals surface area contributed by atoms with Gasteiger partial charge in [-0.1, -0.05) is 24.6 Å². The van der Waals surface area contributed by atoms with E-state index >= 15 is 0 Å². The van der Waals surface area contributed by atoms with Gasteiger partial charge in [-0.15, -0.1) is 6.42 Å². The minimum absolute atomic E-state index is 0.225. The smallest absolute Gasteiger partial charge is 0.235 e. The lowest BCUT2D eigenvalue weighted by Gasteiger charge is -2.04. The van der Waals surface area contributed by atoms with Crippen LogP contribution in [0.4, 0.5) is 0 Å². The summed E-state index contributed by atoms with van der Waals surface area (Å²) in [5.41, 5.74) is 2.85. The summed E-state index contributed by atoms with van der Waals surface area (Å²) in [6.45, 7) is 4.02. The minimum atomic E-state index is -0.225. The van der Waals surface area contributed by atoms with Gasteiger partial charge in [0.05, 0.1) is 0 Å². The number of ketones is 1. The van der Waals surface area contributed by atoms with Gasteiger partial charge in [0.2, 0.25) is 5.78 Å². The van der Waals surface area contributed by atoms with Crippen LogP contribution in [-0.4, -0.2) is 5.78 Å². The Balaban J connectivity index is 3.23. The Kier molecular flexibility index (Phi) is 2.87. The lowest BCUT2D eigenvalue weighted by Crippen LogP contribution is -2.00. The van der Waals surface area contributed by atoms with Crippen LogP contribution in [0.5, 0.6) is 0 Å². The molecule has 0 N–H and O–H groups in total. The number of Topliss-reactive ketones (excluding diaryl/α,β-unsaturated/α-hetero) is 1. The van der Waals surface area contributed by atoms with E-state index in [9.17, 15) is 4.79 Å². The fraction of sp³-hybridized carbons (Fsp3) is 0.250. The Hall–Kier alpha value is -1.55. The third kappa shape index (κ3) is 1.97. The van der Waals surface area contributed by atoms with Crippen molar-refractivity contribution >= 4 is 5.78 Å². The Labute approximate surface area is 78.8 Å². The van der Waals surface area contributed by atoms with E-state index in [1.165, 1.54) is 0 Å². The summed E-state index contributed by atoms with van der Waals surface area (Å²) >= 11 is 0. The molecular weight excluding hydrogens is 160 g/mol. The second-order valence-electron chi connectivity index (χ2n) is 2.99. The lowest BCUT2D eigenvalue weighted by molar-refractivity contribution is 0.105. The quantitative estimate of drug-likeness (QED) is 0.380. The fourth-order valence-corrected chi connectivity index (χ4v) is 1.31. The molecule has 1 heteroatoms. The molecule has 0 spiro atoms. The van der Waals surface area contributed by atoms with Crippen molar-refractivity contribution < 1.29 is 4.79 Å². The van der Waals surface area contributed by atoms with Crippen LogP contribution in [0.25, 0.3) is 0 Å². The molecule has 1 nitrogen and oxygen atoms in total. The summed E-state index contributed by atoms with van der Waals surface area (Å²) in [4.78, 5) is 11.3. The lowest BCUT2D eigenvalue weighted by atomic mass is 9.99. The summed E-state index contributed by atoms with van der Waals surface area (Å²) in [7, 11) is 0. The number of carbonyl (C=O) groups is 1. The van der Waals surface area contributed by atoms with Crippen LogP contribution in [0.3, 0.4) is 0 Å². The molecule has 0 radical (unpaired) electrons. The van der Waals surface area contributed by atoms with E-state index in [0.29, 0.717) is 5.56 Å². The number of terminal acetylenes is 1. The number of hydrogen-bond acceptors (Lipinski definition) is 1. The van der Waals surface area contributed by atoms with Gasteiger partial charge in [-0.05, 0) is 30.9 Å². The number of carbonyl (C=O) groups excluding carboxylic acids is 1. The molecule has 0 fully saturated rings. The van der Waals surface area contributed by atoms with Crippen LogP contribution >= 0.6 is 0 Å². The second kappa shape index (κ2) is 3.91. The van der Waals surface area contributed by atoms with Gasteiger partial charge < -0.3 is 0 Å². The van der Waals surface area contributed by atoms with Crippen molar-refractivity contribution in [2.24, 2.45) is 0 Å². The zero-order valence-corrected chi connectivity index (χ0v) is 7.92. The highest BCUT2D eigenvalue weighted by Crippen LogP contribution is 2.12. The molecule has 1 aromatic carbocycles. The van der Waals surface area contributed by atoms with Crippen LogP contribution in [0.1, 0.15) is 28.4 Å². The van der Waals surface area contributed by atoms with Gasteiger partial charge in [0.1, 0.15) is 0 Å². The van der Waals surface area contributed by atoms with Gasteiger partial charge in [-0.2, -0.15) is 0 Å². The third-order valence-corrected chi connectivity index (χ3v) is 2.02. The van der Waals surface area contributed by atoms with E-state index in [0.717, 1.165) is 17.5 Å². The first-order chi connectivity index (χ1) is 6.19. The molecule has 0 amide bonds. The Morgan fingerprint density at radius 3 is 2.77 bits per heavy atom. The summed E-state index contributed by atoms with van der Waals surface area (Å²) in [6.07, 6.45) is 5.90. The van der Waals surface area contributed by atoms with Gasteiger partial charge in [-0.25, -0.2) is 0 Å². The van der Waals surface area contributed by atoms with E-state index in [1.54, 1.807) is 6.07 Å². The van der Waals surface area contributed by atoms with Crippen molar-refractivity contribution in [2.75, 3.05) is 0 Å². The molecule has 0 aromatic heterocycles. The number of aryl methyl sites for hydroxylation is 2. The Morgan fingerprint density at radius 1 is 1.54 bits per heavy atom. The minimum Gasteiger partial charge on any atom is -0.279 e. The molecule has 0 saturated heterocycles. The molecule has 0 saturated carbocycles. The summed E-state index contributed by atoms with van der Waals surface area (Å²) in [6, 6.07) is 5.71. The van der Waals surface area contributed by atoms with Crippen LogP contribution < -0.4 is 0 Å². The van der Waals surface area contributed by atoms with Crippen LogP contribution in [0, 0.1) is 19.3 Å². The van der Waals surface area contributed by atoms with Crippen molar-refractivity contribution in [1.29, 1.82) is 0 Å². The molecule has 0 aliphatic rings. The number of benzene rings is 1. The van der Waals surface area contributed by atoms with Gasteiger partial charge >= 0.3 is 0 Å². The van der Waals surface area contributed by atoms with E-state index in [-0.39, 0.29) is 5.78 Å². The van der Waals surface area contributed by atoms with Crippen LogP contribution in [-0.2, 0) is 6.42 Å². The Morgan fingerprint density at radius 2 is 2.23 bits per heavy atom. The standard InChI is InChI=1S/C12H12O/c1-4-10-8-9(3)6-7-11(10)12(13)5-2/h2,6-8H,4H2,1,3H3. The summed E-state index contributed by atoms with van der Waals surface area (Å²) in [5, 5.41) is 0. The van der Waals surface area contributed by atoms with Gasteiger partial charge in [0.25, 0.3) is 0 Å². The van der Waals surface area contributed by atoms with Crippen molar-refractivity contribution in [2.45, 2.75) is 20.3 Å². The van der Waals surface area contributed by atoms with E-state index in [4.69, 9.17) is 6.42 Å². The van der Waals surface area contributed by atoms with Crippen molar-refractivity contribution in [3.05, 3.63) is 34.9 Å². The predicted octanol–water partition coefficient (Wildman–Crippen LogP) is 2.37. The molecule has 0 bridgehead atoms. The molecule has 0 atom stereocenters. The highest BCUT2D eigenvalue weighted by molar-refractivity contribution is 6.09. The normalized spacial score (nSPS) is 9.31. The maximum absolute atomic E-state index is 11.3. The predicted molar refractivity (Wildman–Crippen MR) is 53.7 cm³/mol. The SMILES string of the molecule is C#CC(=O)c1ccc(C)cc1CC. The molecule has 1 rings (SSSR count). The monoisotopic (exact) mass is 172 g/mol. The zero-order chi connectivity index (χ0) is 9.84. The topological polar surface area (TPSA) is 17.1 Å². The van der Waals surface area contributed by atoms with E-state index < -0.39 is 0 Å².